The van der Waals surface area contributed by atoms with Crippen LogP contribution in [0, 0.1) is 0 Å². The predicted molar refractivity (Wildman–Crippen MR) is 161 cm³/mol. The summed E-state index contributed by atoms with van der Waals surface area (Å²) in [4.78, 5) is 52.4. The molecule has 44 heavy (non-hydrogen) atoms. The van der Waals surface area contributed by atoms with Crippen LogP contribution >= 0.6 is 11.8 Å². The maximum absolute atomic E-state index is 13.9. The van der Waals surface area contributed by atoms with Gasteiger partial charge in [-0.25, -0.2) is 9.89 Å². The van der Waals surface area contributed by atoms with E-state index >= 15 is 0 Å². The lowest BCUT2D eigenvalue weighted by Gasteiger charge is -2.47. The molecule has 5 rings (SSSR count). The van der Waals surface area contributed by atoms with Crippen molar-refractivity contribution in [2.24, 2.45) is 5.73 Å². The zero-order chi connectivity index (χ0) is 31.4. The first-order chi connectivity index (χ1) is 21.2. The predicted octanol–water partition coefficient (Wildman–Crippen LogP) is 1.00. The first-order valence-corrected chi connectivity index (χ1v) is 15.6. The van der Waals surface area contributed by atoms with E-state index in [9.17, 15) is 23.4 Å². The molecule has 3 aromatic rings. The van der Waals surface area contributed by atoms with Crippen molar-refractivity contribution < 1.29 is 28.0 Å². The summed E-state index contributed by atoms with van der Waals surface area (Å²) in [6.45, 7) is -0.120. The summed E-state index contributed by atoms with van der Waals surface area (Å²) >= 11 is 0.947. The average molecular weight is 640 g/mol. The monoisotopic (exact) mass is 639 g/mol. The summed E-state index contributed by atoms with van der Waals surface area (Å²) in [5.74, 6) is -1.42. The quantitative estimate of drug-likeness (QED) is 0.101. The van der Waals surface area contributed by atoms with Crippen LogP contribution in [0.5, 0.6) is 0 Å². The highest BCUT2D eigenvalue weighted by Crippen LogP contribution is 2.37. The third-order valence-electron chi connectivity index (χ3n) is 7.04. The van der Waals surface area contributed by atoms with Gasteiger partial charge in [-0.15, -0.1) is 5.10 Å². The Hall–Kier alpha value is -4.15. The number of hydrogen-bond acceptors (Lipinski definition) is 11. The van der Waals surface area contributed by atoms with Gasteiger partial charge in [0.2, 0.25) is 5.91 Å². The van der Waals surface area contributed by atoms with Gasteiger partial charge in [0, 0.05) is 14.2 Å². The molecule has 2 aliphatic rings. The zero-order valence-corrected chi connectivity index (χ0v) is 25.3. The van der Waals surface area contributed by atoms with E-state index in [0.29, 0.717) is 0 Å². The minimum absolute atomic E-state index is 0.0688. The van der Waals surface area contributed by atoms with Crippen molar-refractivity contribution >= 4 is 34.4 Å². The van der Waals surface area contributed by atoms with E-state index in [-0.39, 0.29) is 28.7 Å². The highest BCUT2D eigenvalue weighted by Gasteiger charge is 2.55. The van der Waals surface area contributed by atoms with Gasteiger partial charge in [-0.05, 0) is 28.2 Å². The number of H-pyrrole nitrogens is 1. The van der Waals surface area contributed by atoms with E-state index in [4.69, 9.17) is 19.9 Å². The molecule has 2 aromatic carbocycles. The molecule has 1 saturated heterocycles. The van der Waals surface area contributed by atoms with Crippen LogP contribution in [0.25, 0.3) is 0 Å². The number of β-lactam (4-membered cyclic amide) rings is 1. The van der Waals surface area contributed by atoms with Crippen molar-refractivity contribution in [1.29, 1.82) is 0 Å². The molecule has 0 radical (unpaired) electrons. The minimum Gasteiger partial charge on any atom is -0.448 e. The molecule has 3 heterocycles. The van der Waals surface area contributed by atoms with Gasteiger partial charge >= 0.3 is 17.1 Å². The Morgan fingerprint density at radius 3 is 2.30 bits per heavy atom. The number of hydrogen-bond donors (Lipinski definition) is 2. The molecule has 230 valence electrons. The normalized spacial score (nSPS) is 19.9. The number of rotatable bonds is 11. The Balaban J connectivity index is 1.50. The molecule has 3 atom stereocenters. The van der Waals surface area contributed by atoms with E-state index in [2.05, 4.69) is 10.2 Å². The molecule has 0 aliphatic carbocycles. The molecule has 3 unspecified atom stereocenters. The summed E-state index contributed by atoms with van der Waals surface area (Å²) in [5.41, 5.74) is 5.81. The van der Waals surface area contributed by atoms with Crippen LogP contribution in [0.3, 0.4) is 0 Å². The highest BCUT2D eigenvalue weighted by atomic mass is 32.2. The van der Waals surface area contributed by atoms with Crippen molar-refractivity contribution in [3.8, 4) is 0 Å². The Labute approximate surface area is 258 Å². The van der Waals surface area contributed by atoms with Gasteiger partial charge in [0.25, 0.3) is 0 Å². The van der Waals surface area contributed by atoms with E-state index in [1.807, 2.05) is 60.7 Å². The Morgan fingerprint density at radius 1 is 1.09 bits per heavy atom. The van der Waals surface area contributed by atoms with Gasteiger partial charge < -0.3 is 19.9 Å². The Morgan fingerprint density at radius 2 is 1.70 bits per heavy atom. The van der Waals surface area contributed by atoms with E-state index in [1.54, 1.807) is 0 Å². The van der Waals surface area contributed by atoms with Gasteiger partial charge in [-0.1, -0.05) is 72.4 Å². The molecule has 3 N–H and O–H groups in total. The summed E-state index contributed by atoms with van der Waals surface area (Å²) < 4.78 is 30.6. The van der Waals surface area contributed by atoms with Crippen LogP contribution in [0.1, 0.15) is 17.2 Å². The molecule has 0 saturated carbocycles. The van der Waals surface area contributed by atoms with Crippen LogP contribution in [0.2, 0.25) is 0 Å². The first kappa shape index (κ1) is 31.3. The number of ether oxygens (including phenoxy) is 3. The number of aromatic nitrogens is 3. The first-order valence-electron chi connectivity index (χ1n) is 13.3. The van der Waals surface area contributed by atoms with Crippen LogP contribution < -0.4 is 16.9 Å². The minimum atomic E-state index is -1.60. The number of nitrogens with one attached hydrogen (secondary N) is 1. The Kier molecular flexibility index (Phi) is 9.71. The number of nitrogens with zero attached hydrogens (tertiary/aromatic N) is 3. The number of allylic oxidation sites excluding steroid dienone is 1. The van der Waals surface area contributed by atoms with E-state index in [1.165, 1.54) is 25.7 Å². The standard InChI is InChI=1S/C29H29N5O8S2/c1-40-20(41-2)15-33-26(37)24(35)31-32-29(33)43-14-13-19-16-44(39)27-21(30)25(36)34(27)22(19)28(38)42-23(17-9-5-3-6-10-17)18-11-7-4-8-12-18/h3-14,20-21,23,27H,15-16,30H2,1-2H3,(H,31,35). The number of carbonyl (C=O) groups excluding carboxylic acids is 2. The molecule has 0 bridgehead atoms. The van der Waals surface area contributed by atoms with Gasteiger partial charge in [0.1, 0.15) is 17.1 Å². The average Bonchev–Trinajstić information content (AvgIpc) is 3.05. The fraction of sp³-hybridized carbons (Fsp3) is 0.276. The lowest BCUT2D eigenvalue weighted by Crippen LogP contribution is -2.71. The molecule has 1 amide bonds. The summed E-state index contributed by atoms with van der Waals surface area (Å²) in [6, 6.07) is 17.3. The second kappa shape index (κ2) is 13.7. The number of carbonyl (C=O) groups is 2. The highest BCUT2D eigenvalue weighted by molar-refractivity contribution is 8.02. The molecule has 1 aromatic heterocycles. The van der Waals surface area contributed by atoms with E-state index in [0.717, 1.165) is 32.4 Å². The Bertz CT molecular complexity index is 1700. The van der Waals surface area contributed by atoms with Gasteiger partial charge in [0.05, 0.1) is 23.1 Å². The third kappa shape index (κ3) is 6.23. The number of amides is 1. The fourth-order valence-corrected chi connectivity index (χ4v) is 7.14. The zero-order valence-electron chi connectivity index (χ0n) is 23.7. The second-order valence-electron chi connectivity index (χ2n) is 9.70. The fourth-order valence-electron chi connectivity index (χ4n) is 4.81. The van der Waals surface area contributed by atoms with Crippen molar-refractivity contribution in [2.45, 2.75) is 35.5 Å². The summed E-state index contributed by atoms with van der Waals surface area (Å²) in [6.07, 6.45) is -0.120. The topological polar surface area (TPSA) is 176 Å². The van der Waals surface area contributed by atoms with Crippen molar-refractivity contribution in [1.82, 2.24) is 19.7 Å². The molecule has 1 fully saturated rings. The molecule has 0 spiro atoms. The number of nitrogens with two attached hydrogens (primary N) is 1. The number of fused-ring (bicyclic) bond motifs is 1. The van der Waals surface area contributed by atoms with Crippen LogP contribution in [0.4, 0.5) is 0 Å². The summed E-state index contributed by atoms with van der Waals surface area (Å²) in [5, 5.41) is 6.84. The van der Waals surface area contributed by atoms with Crippen LogP contribution in [0.15, 0.2) is 98.2 Å². The number of esters is 1. The molecule has 2 aliphatic heterocycles. The van der Waals surface area contributed by atoms with Crippen molar-refractivity contribution in [3.63, 3.8) is 0 Å². The van der Waals surface area contributed by atoms with Gasteiger partial charge in [0.15, 0.2) is 17.6 Å². The number of thioether (sulfide) groups is 1. The van der Waals surface area contributed by atoms with E-state index < -0.39 is 57.6 Å². The lowest BCUT2D eigenvalue weighted by atomic mass is 10.0. The lowest BCUT2D eigenvalue weighted by molar-refractivity contribution is -0.153. The van der Waals surface area contributed by atoms with Crippen LogP contribution in [-0.2, 0) is 41.1 Å². The molecular weight excluding hydrogens is 610 g/mol. The number of methoxy groups -OCH3 is 2. The second-order valence-corrected chi connectivity index (χ2v) is 12.1. The number of benzene rings is 2. The van der Waals surface area contributed by atoms with Crippen molar-refractivity contribution in [2.75, 3.05) is 20.0 Å². The molecular formula is C29H29N5O8S2. The molecule has 13 nitrogen and oxygen atoms in total. The SMILES string of the molecule is COC(Cn1c(SC=CC2=C(C(=O)OC(c3ccccc3)c3ccccc3)N3C(=O)C(N)C3S(=O)C2)n[nH]c(=O)c1=O)OC. The maximum Gasteiger partial charge on any atom is 0.356 e. The maximum atomic E-state index is 13.9. The largest absolute Gasteiger partial charge is 0.448 e. The smallest absolute Gasteiger partial charge is 0.356 e. The number of aromatic amines is 1. The van der Waals surface area contributed by atoms with Gasteiger partial charge in [-0.2, -0.15) is 0 Å². The molecule has 15 heteroatoms. The van der Waals surface area contributed by atoms with Crippen molar-refractivity contribution in [3.05, 3.63) is 115 Å². The summed E-state index contributed by atoms with van der Waals surface area (Å²) in [7, 11) is 1.18. The van der Waals surface area contributed by atoms with Crippen LogP contribution in [-0.4, -0.2) is 73.4 Å². The van der Waals surface area contributed by atoms with Gasteiger partial charge in [-0.3, -0.25) is 28.1 Å². The third-order valence-corrected chi connectivity index (χ3v) is 9.48.